The molecule has 0 fully saturated rings. The van der Waals surface area contributed by atoms with E-state index in [1.54, 1.807) is 6.92 Å². The molecule has 726 valence electrons. The van der Waals surface area contributed by atoms with Crippen LogP contribution in [0.25, 0.3) is 0 Å². The highest BCUT2D eigenvalue weighted by molar-refractivity contribution is 5.86. The van der Waals surface area contributed by atoms with Crippen molar-refractivity contribution < 1.29 is 176 Å². The van der Waals surface area contributed by atoms with Gasteiger partial charge in [-0.05, 0) is 25.7 Å². The van der Waals surface area contributed by atoms with Gasteiger partial charge in [0.1, 0.15) is 97.9 Å². The van der Waals surface area contributed by atoms with Gasteiger partial charge in [0.2, 0.25) is 0 Å². The van der Waals surface area contributed by atoms with Crippen molar-refractivity contribution in [1.82, 2.24) is 0 Å². The van der Waals surface area contributed by atoms with Crippen molar-refractivity contribution in [3.05, 3.63) is 202 Å². The van der Waals surface area contributed by atoms with Crippen LogP contribution >= 0.6 is 0 Å². The first kappa shape index (κ1) is 126. The standard InChI is InChI=1S/C24H34O9.C21H32O9.C17H20O8.C16H26O5.C15H20O6/c1-7-19(25)30-15-23(11-5,16-31-20(26)8-2)13-29-14-24(12-6,17-32-21(27)9-3)18-33-22(28)10-4;1-5-18(22)28-12-9-25-15-21(8-4,16-26-10-13-29-19(23)6-2)17-27-11-14-30-20(24)7-3;1-5-13(18)22-9-17(10-23-14(19)6-2,11-24-15(20)7-3)12-25-16(21)8-4;1-7-13(17)20-11-15(3,4)9-19-10-16(5,6)12-21-14(18)8-2;1-5-12(16)19-9-15(8-4,10-20-13(17)6-2)11-21-14(18)7-3/h7-10H,1-4,11-18H2,5-6H3;5-7H,1-3,8-17H2,4H3;5-8H,1-4,9-12H2;7-8H,1-2,9-12H2,3-6H3;5-7H,1-3,8-11H2,4H3. The summed E-state index contributed by atoms with van der Waals surface area (Å²) >= 11 is 0. The molecule has 0 aliphatic carbocycles. The van der Waals surface area contributed by atoms with E-state index in [0.29, 0.717) is 38.9 Å². The largest absolute Gasteiger partial charge is 0.462 e. The van der Waals surface area contributed by atoms with Crippen LogP contribution in [0.1, 0.15) is 81.1 Å². The van der Waals surface area contributed by atoms with E-state index in [9.17, 15) is 76.7 Å². The fourth-order valence-electron chi connectivity index (χ4n) is 8.56. The van der Waals surface area contributed by atoms with E-state index in [-0.39, 0.29) is 169 Å². The van der Waals surface area contributed by atoms with Gasteiger partial charge in [-0.1, -0.05) is 161 Å². The van der Waals surface area contributed by atoms with E-state index in [0.717, 1.165) is 97.2 Å². The third kappa shape index (κ3) is 64.8. The van der Waals surface area contributed by atoms with Crippen LogP contribution in [0.3, 0.4) is 0 Å². The Morgan fingerprint density at radius 3 is 0.446 bits per heavy atom. The van der Waals surface area contributed by atoms with Gasteiger partial charge in [0.15, 0.2) is 0 Å². The van der Waals surface area contributed by atoms with Crippen molar-refractivity contribution in [2.45, 2.75) is 81.1 Å². The van der Waals surface area contributed by atoms with Gasteiger partial charge < -0.3 is 99.5 Å². The SMILES string of the molecule is C=CC(=O)OCC(C)(C)COCC(C)(C)COC(=O)C=C.C=CC(=O)OCC(CC)(COC(=O)C=C)COC(=O)C=C.C=CC(=O)OCC(CC)(COCC(CC)(COC(=O)C=C)COC(=O)C=C)COC(=O)C=C.C=CC(=O)OCC(COC(=O)C=C)(COC(=O)C=C)COC(=O)C=C.C=CC(=O)OCCOCC(CC)(COCCOC(=O)C=C)COCCOC(=O)C=C. The van der Waals surface area contributed by atoms with Gasteiger partial charge in [-0.2, -0.15) is 0 Å². The van der Waals surface area contributed by atoms with Gasteiger partial charge in [-0.15, -0.1) is 0 Å². The Morgan fingerprint density at radius 2 is 0.285 bits per heavy atom. The number of carbonyl (C=O) groups is 16. The van der Waals surface area contributed by atoms with Crippen LogP contribution in [0, 0.1) is 37.9 Å². The molecule has 0 amide bonds. The first-order valence-electron chi connectivity index (χ1n) is 40.0. The molecular weight excluding hydrogens is 1710 g/mol. The fourth-order valence-corrected chi connectivity index (χ4v) is 8.56. The van der Waals surface area contributed by atoms with Crippen LogP contribution in [-0.2, 0) is 176 Å². The molecular formula is C93H132O37. The first-order chi connectivity index (χ1) is 61.4. The molecule has 0 unspecified atom stereocenters. The number of hydrogen-bond acceptors (Lipinski definition) is 37. The van der Waals surface area contributed by atoms with Crippen molar-refractivity contribution in [3.63, 3.8) is 0 Å². The monoisotopic (exact) mass is 1840 g/mol. The van der Waals surface area contributed by atoms with Crippen molar-refractivity contribution in [2.24, 2.45) is 37.9 Å². The lowest BCUT2D eigenvalue weighted by molar-refractivity contribution is -0.165. The van der Waals surface area contributed by atoms with Crippen LogP contribution < -0.4 is 0 Å². The van der Waals surface area contributed by atoms with Gasteiger partial charge in [-0.3, -0.25) is 0 Å². The molecule has 37 heteroatoms. The predicted octanol–water partition coefficient (Wildman–Crippen LogP) is 9.31. The molecule has 0 saturated carbocycles. The van der Waals surface area contributed by atoms with Crippen molar-refractivity contribution in [1.29, 1.82) is 0 Å². The maximum absolute atomic E-state index is 11.6. The van der Waals surface area contributed by atoms with Crippen molar-refractivity contribution >= 4 is 95.5 Å². The number of carbonyl (C=O) groups excluding carboxylic acids is 16. The second-order valence-corrected chi connectivity index (χ2v) is 29.1. The quantitative estimate of drug-likeness (QED) is 0.0237. The molecule has 130 heavy (non-hydrogen) atoms. The maximum atomic E-state index is 11.6. The molecule has 0 spiro atoms. The minimum Gasteiger partial charge on any atom is -0.462 e. The molecule has 0 aliphatic rings. The normalized spacial score (nSPS) is 10.7. The summed E-state index contributed by atoms with van der Waals surface area (Å²) < 4.78 is 109. The third-order valence-electron chi connectivity index (χ3n) is 17.0. The number of ether oxygens (including phenoxy) is 21. The lowest BCUT2D eigenvalue weighted by Gasteiger charge is -2.35. The van der Waals surface area contributed by atoms with Crippen molar-refractivity contribution in [3.8, 4) is 0 Å². The van der Waals surface area contributed by atoms with Crippen LogP contribution in [-0.4, -0.2) is 267 Å². The van der Waals surface area contributed by atoms with Gasteiger partial charge in [0, 0.05) is 113 Å². The molecule has 0 aromatic carbocycles. The summed E-state index contributed by atoms with van der Waals surface area (Å²) in [5, 5.41) is 0. The third-order valence-corrected chi connectivity index (χ3v) is 17.0. The second kappa shape index (κ2) is 74.1. The number of hydrogen-bond donors (Lipinski definition) is 0. The maximum Gasteiger partial charge on any atom is 0.330 e. The summed E-state index contributed by atoms with van der Waals surface area (Å²) in [5.74, 6) is -9.83. The highest BCUT2D eigenvalue weighted by Crippen LogP contribution is 2.31. The lowest BCUT2D eigenvalue weighted by Crippen LogP contribution is -2.43. The van der Waals surface area contributed by atoms with Gasteiger partial charge in [-0.25, -0.2) is 76.7 Å². The Balaban J connectivity index is -0.000000506. The average molecular weight is 1840 g/mol. The Hall–Kier alpha value is -12.8. The number of rotatable bonds is 69. The summed E-state index contributed by atoms with van der Waals surface area (Å²) in [6, 6.07) is 0. The molecule has 0 N–H and O–H groups in total. The Kier molecular flexibility index (Phi) is 71.7. The molecule has 37 nitrogen and oxygen atoms in total. The van der Waals surface area contributed by atoms with Crippen molar-refractivity contribution in [2.75, 3.05) is 172 Å². The average Bonchev–Trinajstić information content (AvgIpc) is 0.853. The van der Waals surface area contributed by atoms with E-state index in [2.05, 4.69) is 105 Å². The van der Waals surface area contributed by atoms with Gasteiger partial charge in [0.05, 0.1) is 95.5 Å². The molecule has 0 aliphatic heterocycles. The molecule has 0 radical (unpaired) electrons. The zero-order valence-corrected chi connectivity index (χ0v) is 76.4. The molecule has 0 heterocycles. The van der Waals surface area contributed by atoms with Crippen LogP contribution in [0.4, 0.5) is 0 Å². The smallest absolute Gasteiger partial charge is 0.330 e. The van der Waals surface area contributed by atoms with Crippen LogP contribution in [0.15, 0.2) is 202 Å². The Bertz CT molecular complexity index is 3360. The van der Waals surface area contributed by atoms with E-state index in [1.807, 2.05) is 48.5 Å². The fraction of sp³-hybridized carbons (Fsp3) is 0.484. The topological polar surface area (TPSA) is 467 Å². The van der Waals surface area contributed by atoms with E-state index >= 15 is 0 Å². The minimum absolute atomic E-state index is 0.0326. The Labute approximate surface area is 761 Å². The van der Waals surface area contributed by atoms with E-state index < -0.39 is 123 Å². The molecule has 0 atom stereocenters. The lowest BCUT2D eigenvalue weighted by atomic mass is 9.86. The van der Waals surface area contributed by atoms with Gasteiger partial charge in [0.25, 0.3) is 0 Å². The molecule has 0 saturated heterocycles. The summed E-state index contributed by atoms with van der Waals surface area (Å²) in [6.07, 6.45) is 18.4. The second-order valence-electron chi connectivity index (χ2n) is 29.1. The minimum atomic E-state index is -1.34. The molecule has 0 bridgehead atoms. The van der Waals surface area contributed by atoms with Gasteiger partial charge >= 0.3 is 95.5 Å². The first-order valence-corrected chi connectivity index (χ1v) is 40.0. The molecule has 0 rings (SSSR count). The summed E-state index contributed by atoms with van der Waals surface area (Å²) in [7, 11) is 0. The summed E-state index contributed by atoms with van der Waals surface area (Å²) in [4.78, 5) is 180. The van der Waals surface area contributed by atoms with Crippen LogP contribution in [0.2, 0.25) is 0 Å². The van der Waals surface area contributed by atoms with Crippen LogP contribution in [0.5, 0.6) is 0 Å². The predicted molar refractivity (Wildman–Crippen MR) is 473 cm³/mol. The number of esters is 16. The summed E-state index contributed by atoms with van der Waals surface area (Å²) in [6.45, 7) is 69.2. The zero-order chi connectivity index (χ0) is 100. The summed E-state index contributed by atoms with van der Waals surface area (Å²) in [5.41, 5.74) is -4.98. The Morgan fingerprint density at radius 1 is 0.162 bits per heavy atom. The molecule has 0 aromatic rings. The highest BCUT2D eigenvalue weighted by Gasteiger charge is 2.40. The highest BCUT2D eigenvalue weighted by atomic mass is 16.6. The van der Waals surface area contributed by atoms with E-state index in [4.69, 9.17) is 99.5 Å². The zero-order valence-electron chi connectivity index (χ0n) is 76.4. The van der Waals surface area contributed by atoms with E-state index in [1.165, 1.54) is 0 Å². The molecule has 0 aromatic heterocycles.